The minimum atomic E-state index is 0. The summed E-state index contributed by atoms with van der Waals surface area (Å²) in [5, 5.41) is 10.4. The molecule has 0 radical (unpaired) electrons. The van der Waals surface area contributed by atoms with Crippen LogP contribution in [-0.2, 0) is 6.54 Å². The molecule has 0 saturated heterocycles. The number of hydrogen-bond acceptors (Lipinski definition) is 4. The van der Waals surface area contributed by atoms with Crippen LogP contribution in [-0.4, -0.2) is 21.5 Å². The van der Waals surface area contributed by atoms with Gasteiger partial charge in [-0.25, -0.2) is 0 Å². The van der Waals surface area contributed by atoms with E-state index in [1.165, 1.54) is 0 Å². The molecule has 0 atom stereocenters. The number of aryl methyl sites for hydroxylation is 1. The van der Waals surface area contributed by atoms with Crippen LogP contribution >= 0.6 is 12.4 Å². The number of hydrogen-bond donors (Lipinski definition) is 1. The molecule has 3 rings (SSSR count). The first-order valence-electron chi connectivity index (χ1n) is 5.22. The molecule has 0 aliphatic rings. The smallest absolute Gasteiger partial charge is 0.169 e. The third-order valence-electron chi connectivity index (χ3n) is 2.75. The van der Waals surface area contributed by atoms with Crippen molar-refractivity contribution in [3.05, 3.63) is 24.0 Å². The van der Waals surface area contributed by atoms with Crippen LogP contribution in [0, 0.1) is 6.92 Å². The molecule has 0 saturated carbocycles. The van der Waals surface area contributed by atoms with E-state index in [1.807, 2.05) is 29.9 Å². The molecule has 0 aliphatic carbocycles. The molecule has 5 nitrogen and oxygen atoms in total. The van der Waals surface area contributed by atoms with Gasteiger partial charge in [0.2, 0.25) is 0 Å². The minimum absolute atomic E-state index is 0. The van der Waals surface area contributed by atoms with Gasteiger partial charge in [0.05, 0.1) is 29.3 Å². The summed E-state index contributed by atoms with van der Waals surface area (Å²) in [5.74, 6) is 0. The first kappa shape index (κ1) is 11.9. The molecule has 0 spiro atoms. The Labute approximate surface area is 104 Å². The third-order valence-corrected chi connectivity index (χ3v) is 2.75. The molecule has 0 amide bonds. The van der Waals surface area contributed by atoms with Gasteiger partial charge in [-0.3, -0.25) is 4.68 Å². The second-order valence-corrected chi connectivity index (χ2v) is 3.80. The van der Waals surface area contributed by atoms with Crippen molar-refractivity contribution in [3.8, 4) is 0 Å². The first-order chi connectivity index (χ1) is 7.81. The summed E-state index contributed by atoms with van der Waals surface area (Å²) in [6, 6.07) is 3.91. The highest BCUT2D eigenvalue weighted by Crippen LogP contribution is 2.27. The van der Waals surface area contributed by atoms with Crippen LogP contribution in [0.5, 0.6) is 0 Å². The molecule has 1 aromatic carbocycles. The molecule has 90 valence electrons. The van der Waals surface area contributed by atoms with E-state index in [9.17, 15) is 0 Å². The monoisotopic (exact) mass is 252 g/mol. The standard InChI is InChI=1S/C11H12N4O.ClH/c1-7-10-9(16-14-7)3-2-8-6-13-15(5-4-12)11(8)10;/h2-3,6H,4-5,12H2,1H3;1H. The van der Waals surface area contributed by atoms with Crippen molar-refractivity contribution in [3.63, 3.8) is 0 Å². The van der Waals surface area contributed by atoms with Crippen molar-refractivity contribution >= 4 is 34.3 Å². The molecule has 2 heterocycles. The van der Waals surface area contributed by atoms with Crippen molar-refractivity contribution in [1.82, 2.24) is 14.9 Å². The Morgan fingerprint density at radius 1 is 1.41 bits per heavy atom. The minimum Gasteiger partial charge on any atom is -0.356 e. The number of benzene rings is 1. The average molecular weight is 253 g/mol. The molecule has 0 bridgehead atoms. The summed E-state index contributed by atoms with van der Waals surface area (Å²) >= 11 is 0. The number of halogens is 1. The summed E-state index contributed by atoms with van der Waals surface area (Å²) in [7, 11) is 0. The van der Waals surface area contributed by atoms with E-state index in [0.29, 0.717) is 13.1 Å². The maximum atomic E-state index is 5.57. The number of aromatic nitrogens is 3. The van der Waals surface area contributed by atoms with Gasteiger partial charge in [-0.2, -0.15) is 5.10 Å². The van der Waals surface area contributed by atoms with E-state index in [1.54, 1.807) is 0 Å². The van der Waals surface area contributed by atoms with Crippen LogP contribution in [0.1, 0.15) is 5.69 Å². The zero-order valence-corrected chi connectivity index (χ0v) is 10.2. The van der Waals surface area contributed by atoms with Crippen LogP contribution < -0.4 is 5.73 Å². The Morgan fingerprint density at radius 2 is 2.24 bits per heavy atom. The molecule has 2 N–H and O–H groups in total. The SMILES string of the molecule is Cc1noc2ccc3cnn(CCN)c3c12.Cl. The Morgan fingerprint density at radius 3 is 3.00 bits per heavy atom. The van der Waals surface area contributed by atoms with Crippen LogP contribution in [0.3, 0.4) is 0 Å². The van der Waals surface area contributed by atoms with Crippen LogP contribution in [0.25, 0.3) is 21.9 Å². The van der Waals surface area contributed by atoms with Gasteiger partial charge in [-0.15, -0.1) is 12.4 Å². The van der Waals surface area contributed by atoms with Crippen molar-refractivity contribution in [1.29, 1.82) is 0 Å². The molecule has 3 aromatic rings. The molecular weight excluding hydrogens is 240 g/mol. The van der Waals surface area contributed by atoms with Crippen molar-refractivity contribution in [2.24, 2.45) is 5.73 Å². The Bertz CT molecular complexity index is 658. The van der Waals surface area contributed by atoms with Gasteiger partial charge in [0.25, 0.3) is 0 Å². The van der Waals surface area contributed by atoms with Crippen molar-refractivity contribution < 1.29 is 4.52 Å². The van der Waals surface area contributed by atoms with Crippen LogP contribution in [0.15, 0.2) is 22.9 Å². The summed E-state index contributed by atoms with van der Waals surface area (Å²) in [6.07, 6.45) is 1.84. The molecule has 17 heavy (non-hydrogen) atoms. The number of fused-ring (bicyclic) bond motifs is 3. The Balaban J connectivity index is 0.00000108. The van der Waals surface area contributed by atoms with Gasteiger partial charge in [0.15, 0.2) is 5.58 Å². The summed E-state index contributed by atoms with van der Waals surface area (Å²) in [5.41, 5.74) is 8.31. The highest BCUT2D eigenvalue weighted by molar-refractivity contribution is 6.04. The Hall–Kier alpha value is -1.59. The lowest BCUT2D eigenvalue weighted by Crippen LogP contribution is -2.10. The topological polar surface area (TPSA) is 69.9 Å². The predicted octanol–water partition coefficient (Wildman–Crippen LogP) is 1.87. The predicted molar refractivity (Wildman–Crippen MR) is 68.3 cm³/mol. The van der Waals surface area contributed by atoms with Gasteiger partial charge in [-0.05, 0) is 19.1 Å². The van der Waals surface area contributed by atoms with E-state index in [0.717, 1.165) is 27.6 Å². The summed E-state index contributed by atoms with van der Waals surface area (Å²) in [6.45, 7) is 3.20. The number of nitrogens with two attached hydrogens (primary N) is 1. The summed E-state index contributed by atoms with van der Waals surface area (Å²) in [4.78, 5) is 0. The van der Waals surface area contributed by atoms with Crippen LogP contribution in [0.2, 0.25) is 0 Å². The van der Waals surface area contributed by atoms with Crippen molar-refractivity contribution in [2.45, 2.75) is 13.5 Å². The lowest BCUT2D eigenvalue weighted by Gasteiger charge is -2.01. The molecule has 6 heteroatoms. The summed E-state index contributed by atoms with van der Waals surface area (Å²) < 4.78 is 7.14. The lowest BCUT2D eigenvalue weighted by atomic mass is 10.1. The fourth-order valence-corrected chi connectivity index (χ4v) is 2.04. The zero-order chi connectivity index (χ0) is 11.1. The van der Waals surface area contributed by atoms with Gasteiger partial charge >= 0.3 is 0 Å². The molecule has 0 fully saturated rings. The van der Waals surface area contributed by atoms with Crippen LogP contribution in [0.4, 0.5) is 0 Å². The molecular formula is C11H13ClN4O. The lowest BCUT2D eigenvalue weighted by molar-refractivity contribution is 0.450. The fourth-order valence-electron chi connectivity index (χ4n) is 2.04. The van der Waals surface area contributed by atoms with Gasteiger partial charge in [0.1, 0.15) is 0 Å². The fraction of sp³-hybridized carbons (Fsp3) is 0.273. The average Bonchev–Trinajstić information content (AvgIpc) is 2.84. The quantitative estimate of drug-likeness (QED) is 0.756. The maximum absolute atomic E-state index is 5.57. The molecule has 0 aliphatic heterocycles. The normalized spacial score (nSPS) is 10.9. The zero-order valence-electron chi connectivity index (χ0n) is 9.38. The second kappa shape index (κ2) is 4.35. The van der Waals surface area contributed by atoms with Gasteiger partial charge in [0, 0.05) is 11.9 Å². The van der Waals surface area contributed by atoms with E-state index in [4.69, 9.17) is 10.3 Å². The third kappa shape index (κ3) is 1.67. The van der Waals surface area contributed by atoms with Crippen molar-refractivity contribution in [2.75, 3.05) is 6.54 Å². The molecule has 2 aromatic heterocycles. The van der Waals surface area contributed by atoms with Gasteiger partial charge in [-0.1, -0.05) is 5.16 Å². The first-order valence-corrected chi connectivity index (χ1v) is 5.22. The highest BCUT2D eigenvalue weighted by atomic mass is 35.5. The van der Waals surface area contributed by atoms with E-state index < -0.39 is 0 Å². The van der Waals surface area contributed by atoms with E-state index in [-0.39, 0.29) is 12.4 Å². The highest BCUT2D eigenvalue weighted by Gasteiger charge is 2.12. The van der Waals surface area contributed by atoms with Gasteiger partial charge < -0.3 is 10.3 Å². The maximum Gasteiger partial charge on any atom is 0.169 e. The largest absolute Gasteiger partial charge is 0.356 e. The number of nitrogens with zero attached hydrogens (tertiary/aromatic N) is 3. The molecule has 0 unspecified atom stereocenters. The second-order valence-electron chi connectivity index (χ2n) is 3.80. The number of rotatable bonds is 2. The van der Waals surface area contributed by atoms with E-state index in [2.05, 4.69) is 10.3 Å². The van der Waals surface area contributed by atoms with E-state index >= 15 is 0 Å². The Kier molecular flexibility index (Phi) is 3.04.